The molecule has 1 aromatic heterocycles. The Hall–Kier alpha value is -2.73. The molecule has 0 spiro atoms. The summed E-state index contributed by atoms with van der Waals surface area (Å²) < 4.78 is 12.3. The third kappa shape index (κ3) is 4.10. The second kappa shape index (κ2) is 7.84. The zero-order chi connectivity index (χ0) is 21.5. The SMILES string of the molecule is Cc1noc2c1-c1ccccc1C(c1ccc(Br)cc1)=N[C@H]2CC(=O)OC(C)(C)C. The van der Waals surface area contributed by atoms with Crippen LogP contribution in [0.25, 0.3) is 11.1 Å². The fourth-order valence-corrected chi connectivity index (χ4v) is 3.92. The van der Waals surface area contributed by atoms with Gasteiger partial charge >= 0.3 is 5.97 Å². The molecular weight excluding hydrogens is 444 g/mol. The van der Waals surface area contributed by atoms with Crippen LogP contribution in [0.3, 0.4) is 0 Å². The normalized spacial score (nSPS) is 15.6. The lowest BCUT2D eigenvalue weighted by Gasteiger charge is -2.20. The minimum atomic E-state index is -0.566. The van der Waals surface area contributed by atoms with Crippen molar-refractivity contribution < 1.29 is 14.1 Å². The van der Waals surface area contributed by atoms with Crippen LogP contribution in [0.4, 0.5) is 0 Å². The highest BCUT2D eigenvalue weighted by atomic mass is 79.9. The monoisotopic (exact) mass is 466 g/mol. The summed E-state index contributed by atoms with van der Waals surface area (Å²) in [5.41, 5.74) is 4.88. The number of ether oxygens (including phenoxy) is 1. The molecule has 3 aromatic rings. The number of aryl methyl sites for hydroxylation is 1. The van der Waals surface area contributed by atoms with Crippen LogP contribution in [0, 0.1) is 6.92 Å². The summed E-state index contributed by atoms with van der Waals surface area (Å²) >= 11 is 3.49. The van der Waals surface area contributed by atoms with Gasteiger partial charge in [0.25, 0.3) is 0 Å². The van der Waals surface area contributed by atoms with Crippen LogP contribution in [0.15, 0.2) is 62.5 Å². The molecule has 6 heteroatoms. The number of aliphatic imine (C=N–C) groups is 1. The number of hydrogen-bond donors (Lipinski definition) is 0. The van der Waals surface area contributed by atoms with Crippen molar-refractivity contribution in [2.45, 2.75) is 45.8 Å². The molecule has 0 amide bonds. The summed E-state index contributed by atoms with van der Waals surface area (Å²) in [5.74, 6) is 0.273. The highest BCUT2D eigenvalue weighted by Crippen LogP contribution is 2.41. The van der Waals surface area contributed by atoms with Crippen LogP contribution in [0.5, 0.6) is 0 Å². The molecule has 0 fully saturated rings. The Morgan fingerprint density at radius 1 is 1.10 bits per heavy atom. The fraction of sp³-hybridized carbons (Fsp3) is 0.292. The first-order valence-electron chi connectivity index (χ1n) is 9.84. The van der Waals surface area contributed by atoms with Crippen LogP contribution in [-0.2, 0) is 9.53 Å². The maximum Gasteiger partial charge on any atom is 0.308 e. The third-order valence-corrected chi connectivity index (χ3v) is 5.35. The van der Waals surface area contributed by atoms with E-state index in [-0.39, 0.29) is 12.4 Å². The maximum absolute atomic E-state index is 12.7. The van der Waals surface area contributed by atoms with Crippen molar-refractivity contribution in [1.29, 1.82) is 0 Å². The van der Waals surface area contributed by atoms with Gasteiger partial charge in [0.15, 0.2) is 5.76 Å². The highest BCUT2D eigenvalue weighted by Gasteiger charge is 2.32. The molecular formula is C24H23BrN2O3. The molecule has 1 atom stereocenters. The van der Waals surface area contributed by atoms with Crippen molar-refractivity contribution in [3.8, 4) is 11.1 Å². The van der Waals surface area contributed by atoms with Crippen molar-refractivity contribution in [2.24, 2.45) is 4.99 Å². The van der Waals surface area contributed by atoms with Gasteiger partial charge in [-0.1, -0.05) is 57.5 Å². The van der Waals surface area contributed by atoms with E-state index in [1.54, 1.807) is 0 Å². The van der Waals surface area contributed by atoms with Crippen molar-refractivity contribution in [3.05, 3.63) is 75.6 Å². The Bertz CT molecular complexity index is 1120. The molecule has 4 rings (SSSR count). The van der Waals surface area contributed by atoms with Crippen molar-refractivity contribution in [3.63, 3.8) is 0 Å². The van der Waals surface area contributed by atoms with E-state index < -0.39 is 11.6 Å². The highest BCUT2D eigenvalue weighted by molar-refractivity contribution is 9.10. The van der Waals surface area contributed by atoms with Crippen LogP contribution < -0.4 is 0 Å². The van der Waals surface area contributed by atoms with Crippen molar-refractivity contribution in [2.75, 3.05) is 0 Å². The van der Waals surface area contributed by atoms with E-state index in [0.717, 1.165) is 38.1 Å². The molecule has 5 nitrogen and oxygen atoms in total. The van der Waals surface area contributed by atoms with Gasteiger partial charge in [-0.25, -0.2) is 0 Å². The van der Waals surface area contributed by atoms with Crippen LogP contribution in [0.2, 0.25) is 0 Å². The van der Waals surface area contributed by atoms with Crippen molar-refractivity contribution in [1.82, 2.24) is 5.16 Å². The Balaban J connectivity index is 1.87. The molecule has 2 aromatic carbocycles. The van der Waals surface area contributed by atoms with Crippen LogP contribution in [-0.4, -0.2) is 22.4 Å². The lowest BCUT2D eigenvalue weighted by atomic mass is 9.93. The summed E-state index contributed by atoms with van der Waals surface area (Å²) in [4.78, 5) is 17.7. The van der Waals surface area contributed by atoms with Crippen LogP contribution >= 0.6 is 15.9 Å². The molecule has 0 saturated heterocycles. The Morgan fingerprint density at radius 3 is 2.43 bits per heavy atom. The van der Waals surface area contributed by atoms with Gasteiger partial charge in [0.2, 0.25) is 0 Å². The molecule has 0 bridgehead atoms. The number of hydrogen-bond acceptors (Lipinski definition) is 5. The summed E-state index contributed by atoms with van der Waals surface area (Å²) in [6.07, 6.45) is 0.0763. The first-order valence-corrected chi connectivity index (χ1v) is 10.6. The zero-order valence-corrected chi connectivity index (χ0v) is 19.0. The van der Waals surface area contributed by atoms with Gasteiger partial charge in [-0.05, 0) is 45.4 Å². The van der Waals surface area contributed by atoms with Gasteiger partial charge in [-0.3, -0.25) is 9.79 Å². The number of rotatable bonds is 3. The Morgan fingerprint density at radius 2 is 1.77 bits per heavy atom. The van der Waals surface area contributed by atoms with Gasteiger partial charge in [-0.15, -0.1) is 0 Å². The minimum absolute atomic E-state index is 0.0763. The number of esters is 1. The maximum atomic E-state index is 12.7. The summed E-state index contributed by atoms with van der Waals surface area (Å²) in [7, 11) is 0. The number of carbonyl (C=O) groups is 1. The number of halogens is 1. The van der Waals surface area contributed by atoms with Gasteiger partial charge in [0, 0.05) is 15.6 Å². The second-order valence-corrected chi connectivity index (χ2v) is 9.26. The van der Waals surface area contributed by atoms with Gasteiger partial charge < -0.3 is 9.26 Å². The molecule has 0 radical (unpaired) electrons. The molecule has 0 N–H and O–H groups in total. The molecule has 30 heavy (non-hydrogen) atoms. The Labute approximate surface area is 184 Å². The van der Waals surface area contributed by atoms with E-state index in [1.807, 2.05) is 76.2 Å². The van der Waals surface area contributed by atoms with E-state index in [4.69, 9.17) is 14.3 Å². The number of fused-ring (bicyclic) bond motifs is 3. The summed E-state index contributed by atoms with van der Waals surface area (Å²) in [6.45, 7) is 7.48. The molecule has 2 heterocycles. The lowest BCUT2D eigenvalue weighted by molar-refractivity contribution is -0.155. The molecule has 0 aliphatic carbocycles. The van der Waals surface area contributed by atoms with Gasteiger partial charge in [0.05, 0.1) is 23.4 Å². The van der Waals surface area contributed by atoms with E-state index in [1.165, 1.54) is 0 Å². The van der Waals surface area contributed by atoms with E-state index in [9.17, 15) is 4.79 Å². The minimum Gasteiger partial charge on any atom is -0.460 e. The summed E-state index contributed by atoms with van der Waals surface area (Å²) in [5, 5.41) is 4.18. The standard InChI is InChI=1S/C24H23BrN2O3/c1-14-21-17-7-5-6-8-18(17)22(15-9-11-16(25)12-10-15)26-19(23(21)30-27-14)13-20(28)29-24(2,3)4/h5-12,19H,13H2,1-4H3/t19-/m0/s1. The quantitative estimate of drug-likeness (QED) is 0.441. The molecule has 0 saturated carbocycles. The second-order valence-electron chi connectivity index (χ2n) is 8.34. The average Bonchev–Trinajstić information content (AvgIpc) is 2.99. The smallest absolute Gasteiger partial charge is 0.308 e. The molecule has 1 aliphatic rings. The number of aromatic nitrogens is 1. The van der Waals surface area contributed by atoms with Gasteiger partial charge in [-0.2, -0.15) is 0 Å². The third-order valence-electron chi connectivity index (χ3n) is 4.83. The number of nitrogens with zero attached hydrogens (tertiary/aromatic N) is 2. The van der Waals surface area contributed by atoms with E-state index in [2.05, 4.69) is 21.1 Å². The number of carbonyl (C=O) groups excluding carboxylic acids is 1. The zero-order valence-electron chi connectivity index (χ0n) is 17.4. The summed E-state index contributed by atoms with van der Waals surface area (Å²) in [6, 6.07) is 15.5. The first kappa shape index (κ1) is 20.5. The fourth-order valence-electron chi connectivity index (χ4n) is 3.65. The Kier molecular flexibility index (Phi) is 5.36. The van der Waals surface area contributed by atoms with E-state index >= 15 is 0 Å². The lowest BCUT2D eigenvalue weighted by Crippen LogP contribution is -2.24. The average molecular weight is 467 g/mol. The van der Waals surface area contributed by atoms with Crippen LogP contribution in [0.1, 0.15) is 55.8 Å². The molecule has 154 valence electrons. The van der Waals surface area contributed by atoms with Crippen molar-refractivity contribution >= 4 is 27.6 Å². The topological polar surface area (TPSA) is 64.7 Å². The molecule has 0 unspecified atom stereocenters. The first-order chi connectivity index (χ1) is 14.2. The predicted octanol–water partition coefficient (Wildman–Crippen LogP) is 6.04. The number of benzene rings is 2. The largest absolute Gasteiger partial charge is 0.460 e. The molecule has 1 aliphatic heterocycles. The van der Waals surface area contributed by atoms with Gasteiger partial charge in [0.1, 0.15) is 11.6 Å². The predicted molar refractivity (Wildman–Crippen MR) is 120 cm³/mol. The van der Waals surface area contributed by atoms with E-state index in [0.29, 0.717) is 5.76 Å².